The van der Waals surface area contributed by atoms with Crippen molar-refractivity contribution >= 4 is 11.6 Å². The summed E-state index contributed by atoms with van der Waals surface area (Å²) in [6.07, 6.45) is 1.09. The molecule has 1 saturated heterocycles. The highest BCUT2D eigenvalue weighted by Crippen LogP contribution is 2.12. The van der Waals surface area contributed by atoms with E-state index in [9.17, 15) is 0 Å². The Balaban J connectivity index is 1.59. The fraction of sp³-hybridized carbons (Fsp3) is 0.667. The van der Waals surface area contributed by atoms with Crippen LogP contribution in [0.2, 0.25) is 0 Å². The van der Waals surface area contributed by atoms with Gasteiger partial charge < -0.3 is 20.4 Å². The molecule has 0 atom stereocenters. The van der Waals surface area contributed by atoms with Crippen LogP contribution in [0.1, 0.15) is 20.3 Å². The van der Waals surface area contributed by atoms with Gasteiger partial charge in [-0.05, 0) is 32.0 Å². The van der Waals surface area contributed by atoms with Crippen molar-refractivity contribution in [2.24, 2.45) is 4.99 Å². The summed E-state index contributed by atoms with van der Waals surface area (Å²) in [5.41, 5.74) is 1.30. The highest BCUT2D eigenvalue weighted by molar-refractivity contribution is 5.79. The van der Waals surface area contributed by atoms with E-state index in [-0.39, 0.29) is 0 Å². The molecule has 152 valence electrons. The highest BCUT2D eigenvalue weighted by atomic mass is 15.3. The fourth-order valence-corrected chi connectivity index (χ4v) is 3.47. The van der Waals surface area contributed by atoms with E-state index in [0.717, 1.165) is 45.1 Å². The van der Waals surface area contributed by atoms with Crippen molar-refractivity contribution in [2.45, 2.75) is 20.3 Å². The van der Waals surface area contributed by atoms with E-state index in [4.69, 9.17) is 0 Å². The van der Waals surface area contributed by atoms with Crippen LogP contribution in [0.3, 0.4) is 0 Å². The highest BCUT2D eigenvalue weighted by Gasteiger charge is 2.14. The van der Waals surface area contributed by atoms with Gasteiger partial charge in [-0.2, -0.15) is 0 Å². The average Bonchev–Trinajstić information content (AvgIpc) is 2.73. The van der Waals surface area contributed by atoms with E-state index < -0.39 is 0 Å². The number of nitrogens with one attached hydrogen (secondary N) is 2. The lowest BCUT2D eigenvalue weighted by molar-refractivity contribution is 0.139. The van der Waals surface area contributed by atoms with Gasteiger partial charge in [-0.15, -0.1) is 0 Å². The Morgan fingerprint density at radius 2 is 1.67 bits per heavy atom. The van der Waals surface area contributed by atoms with E-state index in [1.165, 1.54) is 38.4 Å². The van der Waals surface area contributed by atoms with Gasteiger partial charge in [-0.3, -0.25) is 9.89 Å². The third-order valence-electron chi connectivity index (χ3n) is 5.26. The monoisotopic (exact) mass is 374 g/mol. The number of aliphatic imine (C=N–C) groups is 1. The lowest BCUT2D eigenvalue weighted by atomic mass is 10.2. The van der Waals surface area contributed by atoms with E-state index in [2.05, 4.69) is 74.5 Å². The predicted molar refractivity (Wildman–Crippen MR) is 117 cm³/mol. The Morgan fingerprint density at radius 1 is 1.00 bits per heavy atom. The van der Waals surface area contributed by atoms with Gasteiger partial charge in [0.2, 0.25) is 0 Å². The number of guanidine groups is 1. The molecule has 2 N–H and O–H groups in total. The maximum Gasteiger partial charge on any atom is 0.191 e. The van der Waals surface area contributed by atoms with Gasteiger partial charge in [0.05, 0.1) is 0 Å². The molecule has 0 aromatic heterocycles. The second kappa shape index (κ2) is 12.6. The summed E-state index contributed by atoms with van der Waals surface area (Å²) < 4.78 is 0. The molecule has 6 heteroatoms. The molecular weight excluding hydrogens is 336 g/mol. The number of hydrogen-bond donors (Lipinski definition) is 2. The molecular formula is C21H38N6. The van der Waals surface area contributed by atoms with Crippen LogP contribution in [0.15, 0.2) is 35.3 Å². The fourth-order valence-electron chi connectivity index (χ4n) is 3.47. The first kappa shape index (κ1) is 21.5. The van der Waals surface area contributed by atoms with Crippen molar-refractivity contribution in [1.82, 2.24) is 20.4 Å². The second-order valence-electron chi connectivity index (χ2n) is 6.97. The minimum absolute atomic E-state index is 0.907. The number of anilines is 1. The van der Waals surface area contributed by atoms with Crippen LogP contribution in [-0.2, 0) is 0 Å². The molecule has 1 aliphatic rings. The van der Waals surface area contributed by atoms with Crippen LogP contribution >= 0.6 is 0 Å². The van der Waals surface area contributed by atoms with E-state index in [1.54, 1.807) is 0 Å². The summed E-state index contributed by atoms with van der Waals surface area (Å²) in [6, 6.07) is 10.6. The minimum atomic E-state index is 0.907. The number of hydrogen-bond acceptors (Lipinski definition) is 4. The molecule has 1 aromatic carbocycles. The maximum absolute atomic E-state index is 4.35. The zero-order valence-electron chi connectivity index (χ0n) is 17.5. The topological polar surface area (TPSA) is 46.1 Å². The normalized spacial score (nSPS) is 16.3. The SMILES string of the molecule is CCN1CCN(CCNC(=NC)NCCCN(CC)c2ccccc2)CC1. The molecule has 2 rings (SSSR count). The van der Waals surface area contributed by atoms with Gasteiger partial charge in [0, 0.05) is 71.6 Å². The Hall–Kier alpha value is -1.79. The molecule has 0 amide bonds. The summed E-state index contributed by atoms with van der Waals surface area (Å²) in [6.45, 7) is 15.4. The van der Waals surface area contributed by atoms with E-state index in [1.807, 2.05) is 7.05 Å². The van der Waals surface area contributed by atoms with Crippen molar-refractivity contribution in [3.8, 4) is 0 Å². The molecule has 1 aromatic rings. The molecule has 0 bridgehead atoms. The van der Waals surface area contributed by atoms with Gasteiger partial charge in [-0.1, -0.05) is 25.1 Å². The first-order valence-corrected chi connectivity index (χ1v) is 10.5. The second-order valence-corrected chi connectivity index (χ2v) is 6.97. The number of rotatable bonds is 10. The predicted octanol–water partition coefficient (Wildman–Crippen LogP) is 1.71. The summed E-state index contributed by atoms with van der Waals surface area (Å²) in [7, 11) is 1.84. The van der Waals surface area contributed by atoms with Crippen molar-refractivity contribution in [3.63, 3.8) is 0 Å². The third kappa shape index (κ3) is 7.77. The molecule has 0 aliphatic carbocycles. The van der Waals surface area contributed by atoms with Crippen LogP contribution < -0.4 is 15.5 Å². The van der Waals surface area contributed by atoms with Crippen LogP contribution in [-0.4, -0.2) is 88.3 Å². The number of piperazine rings is 1. The molecule has 1 aliphatic heterocycles. The molecule has 0 spiro atoms. The number of nitrogens with zero attached hydrogens (tertiary/aromatic N) is 4. The van der Waals surface area contributed by atoms with Crippen LogP contribution in [0.4, 0.5) is 5.69 Å². The van der Waals surface area contributed by atoms with E-state index >= 15 is 0 Å². The summed E-state index contributed by atoms with van der Waals surface area (Å²) >= 11 is 0. The largest absolute Gasteiger partial charge is 0.372 e. The molecule has 1 heterocycles. The average molecular weight is 375 g/mol. The number of benzene rings is 1. The van der Waals surface area contributed by atoms with Gasteiger partial charge in [0.1, 0.15) is 0 Å². The summed E-state index contributed by atoms with van der Waals surface area (Å²) in [5.74, 6) is 0.907. The van der Waals surface area contributed by atoms with Crippen LogP contribution in [0, 0.1) is 0 Å². The first-order chi connectivity index (χ1) is 13.3. The molecule has 0 radical (unpaired) electrons. The van der Waals surface area contributed by atoms with Gasteiger partial charge >= 0.3 is 0 Å². The van der Waals surface area contributed by atoms with Crippen molar-refractivity contribution < 1.29 is 0 Å². The molecule has 6 nitrogen and oxygen atoms in total. The van der Waals surface area contributed by atoms with Gasteiger partial charge in [-0.25, -0.2) is 0 Å². The smallest absolute Gasteiger partial charge is 0.191 e. The zero-order valence-corrected chi connectivity index (χ0v) is 17.5. The lowest BCUT2D eigenvalue weighted by Gasteiger charge is -2.34. The first-order valence-electron chi connectivity index (χ1n) is 10.5. The quantitative estimate of drug-likeness (QED) is 0.371. The Morgan fingerprint density at radius 3 is 2.30 bits per heavy atom. The van der Waals surface area contributed by atoms with Crippen molar-refractivity contribution in [3.05, 3.63) is 30.3 Å². The van der Waals surface area contributed by atoms with E-state index in [0.29, 0.717) is 0 Å². The molecule has 1 fully saturated rings. The van der Waals surface area contributed by atoms with Crippen LogP contribution in [0.5, 0.6) is 0 Å². The zero-order chi connectivity index (χ0) is 19.3. The van der Waals surface area contributed by atoms with Crippen LogP contribution in [0.25, 0.3) is 0 Å². The van der Waals surface area contributed by atoms with Gasteiger partial charge in [0.15, 0.2) is 5.96 Å². The minimum Gasteiger partial charge on any atom is -0.372 e. The summed E-state index contributed by atoms with van der Waals surface area (Å²) in [4.78, 5) is 11.8. The standard InChI is InChI=1S/C21H38N6/c1-4-25-16-18-26(19-17-25)15-13-24-21(22-3)23-12-9-14-27(5-2)20-10-7-6-8-11-20/h6-8,10-11H,4-5,9,12-19H2,1-3H3,(H2,22,23,24). The summed E-state index contributed by atoms with van der Waals surface area (Å²) in [5, 5.41) is 6.89. The molecule has 0 saturated carbocycles. The Kier molecular flexibility index (Phi) is 10.0. The maximum atomic E-state index is 4.35. The van der Waals surface area contributed by atoms with Crippen molar-refractivity contribution in [1.29, 1.82) is 0 Å². The Labute approximate surface area is 165 Å². The lowest BCUT2D eigenvalue weighted by Crippen LogP contribution is -2.49. The number of para-hydroxylation sites is 1. The molecule has 27 heavy (non-hydrogen) atoms. The third-order valence-corrected chi connectivity index (χ3v) is 5.26. The van der Waals surface area contributed by atoms with Crippen molar-refractivity contribution in [2.75, 3.05) is 77.4 Å². The Bertz CT molecular complexity index is 525. The number of likely N-dealkylation sites (N-methyl/N-ethyl adjacent to an activating group) is 1. The molecule has 0 unspecified atom stereocenters. The van der Waals surface area contributed by atoms with Gasteiger partial charge in [0.25, 0.3) is 0 Å².